The molecule has 0 aliphatic carbocycles. The number of hydrogen-bond donors (Lipinski definition) is 1. The molecule has 1 aromatic rings. The first-order valence-corrected chi connectivity index (χ1v) is 7.03. The van der Waals surface area contributed by atoms with Crippen molar-refractivity contribution in [2.24, 2.45) is 0 Å². The first-order chi connectivity index (χ1) is 8.83. The zero-order chi connectivity index (χ0) is 12.8. The van der Waals surface area contributed by atoms with E-state index in [1.807, 2.05) is 6.07 Å². The molecule has 0 saturated heterocycles. The molecule has 0 atom stereocenters. The normalized spacial score (nSPS) is 14.6. The maximum absolute atomic E-state index is 6.10. The Morgan fingerprint density at radius 1 is 1.33 bits per heavy atom. The van der Waals surface area contributed by atoms with Crippen LogP contribution in [0.25, 0.3) is 0 Å². The molecule has 3 heteroatoms. The molecule has 0 saturated carbocycles. The van der Waals surface area contributed by atoms with E-state index >= 15 is 0 Å². The van der Waals surface area contributed by atoms with E-state index in [2.05, 4.69) is 24.0 Å². The summed E-state index contributed by atoms with van der Waals surface area (Å²) < 4.78 is 5.65. The van der Waals surface area contributed by atoms with Gasteiger partial charge in [0.25, 0.3) is 0 Å². The van der Waals surface area contributed by atoms with Gasteiger partial charge in [0.2, 0.25) is 0 Å². The third-order valence-corrected chi connectivity index (χ3v) is 3.49. The molecule has 0 amide bonds. The molecule has 1 aliphatic rings. The van der Waals surface area contributed by atoms with Crippen LogP contribution in [-0.4, -0.2) is 26.3 Å². The van der Waals surface area contributed by atoms with Gasteiger partial charge in [-0.1, -0.05) is 25.5 Å². The number of nitrogens with two attached hydrogens (primary N) is 1. The maximum atomic E-state index is 6.10. The van der Waals surface area contributed by atoms with Gasteiger partial charge in [0, 0.05) is 19.7 Å². The summed E-state index contributed by atoms with van der Waals surface area (Å²) in [5.41, 5.74) is 9.63. The van der Waals surface area contributed by atoms with Gasteiger partial charge in [-0.25, -0.2) is 0 Å². The quantitative estimate of drug-likeness (QED) is 0.621. The van der Waals surface area contributed by atoms with E-state index in [1.54, 1.807) is 0 Å². The Morgan fingerprint density at radius 2 is 2.22 bits per heavy atom. The summed E-state index contributed by atoms with van der Waals surface area (Å²) in [5.74, 6) is 0. The monoisotopic (exact) mass is 248 g/mol. The van der Waals surface area contributed by atoms with Gasteiger partial charge in [0.15, 0.2) is 0 Å². The standard InChI is InChI=1S/C15H24N2O/c1-2-3-11-18-12-10-17-9-5-7-13-6-4-8-14(16)15(13)17/h4,6,8H,2-3,5,7,9-12,16H2,1H3. The average Bonchev–Trinajstić information content (AvgIpc) is 2.39. The average molecular weight is 248 g/mol. The van der Waals surface area contributed by atoms with Crippen LogP contribution in [0.15, 0.2) is 18.2 Å². The van der Waals surface area contributed by atoms with Crippen molar-refractivity contribution >= 4 is 11.4 Å². The first kappa shape index (κ1) is 13.2. The second-order valence-corrected chi connectivity index (χ2v) is 4.91. The predicted molar refractivity (Wildman–Crippen MR) is 77.1 cm³/mol. The third-order valence-electron chi connectivity index (χ3n) is 3.49. The van der Waals surface area contributed by atoms with Crippen LogP contribution in [0.3, 0.4) is 0 Å². The molecule has 0 radical (unpaired) electrons. The van der Waals surface area contributed by atoms with Crippen molar-refractivity contribution in [3.63, 3.8) is 0 Å². The second-order valence-electron chi connectivity index (χ2n) is 4.91. The molecule has 1 aliphatic heterocycles. The molecule has 0 fully saturated rings. The van der Waals surface area contributed by atoms with Gasteiger partial charge in [-0.2, -0.15) is 0 Å². The molecular formula is C15H24N2O. The Labute approximate surface area is 110 Å². The highest BCUT2D eigenvalue weighted by Crippen LogP contribution is 2.32. The minimum atomic E-state index is 0.799. The highest BCUT2D eigenvalue weighted by molar-refractivity contribution is 5.72. The summed E-state index contributed by atoms with van der Waals surface area (Å²) >= 11 is 0. The van der Waals surface area contributed by atoms with Crippen LogP contribution in [0.1, 0.15) is 31.7 Å². The third kappa shape index (κ3) is 3.16. The number of nitrogen functional groups attached to an aromatic ring is 1. The van der Waals surface area contributed by atoms with Crippen molar-refractivity contribution in [2.45, 2.75) is 32.6 Å². The number of unbranched alkanes of at least 4 members (excludes halogenated alkanes) is 1. The fourth-order valence-electron chi connectivity index (χ4n) is 2.52. The highest BCUT2D eigenvalue weighted by Gasteiger charge is 2.18. The molecule has 2 rings (SSSR count). The molecule has 0 aromatic heterocycles. The van der Waals surface area contributed by atoms with Crippen molar-refractivity contribution in [3.05, 3.63) is 23.8 Å². The van der Waals surface area contributed by atoms with Crippen molar-refractivity contribution in [1.82, 2.24) is 0 Å². The van der Waals surface area contributed by atoms with Crippen LogP contribution in [0.5, 0.6) is 0 Å². The van der Waals surface area contributed by atoms with Crippen LogP contribution in [0.4, 0.5) is 11.4 Å². The Bertz CT molecular complexity index is 379. The van der Waals surface area contributed by atoms with Crippen molar-refractivity contribution in [3.8, 4) is 0 Å². The Morgan fingerprint density at radius 3 is 3.06 bits per heavy atom. The Hall–Kier alpha value is -1.22. The van der Waals surface area contributed by atoms with Crippen LogP contribution in [0.2, 0.25) is 0 Å². The number of benzene rings is 1. The molecule has 1 heterocycles. The van der Waals surface area contributed by atoms with E-state index < -0.39 is 0 Å². The molecule has 2 N–H and O–H groups in total. The number of aryl methyl sites for hydroxylation is 1. The summed E-state index contributed by atoms with van der Waals surface area (Å²) in [7, 11) is 0. The summed E-state index contributed by atoms with van der Waals surface area (Å²) in [4.78, 5) is 2.38. The van der Waals surface area contributed by atoms with Crippen LogP contribution in [-0.2, 0) is 11.2 Å². The SMILES string of the molecule is CCCCOCCN1CCCc2cccc(N)c21. The zero-order valence-electron chi connectivity index (χ0n) is 11.3. The lowest BCUT2D eigenvalue weighted by Gasteiger charge is -2.32. The Balaban J connectivity index is 1.91. The number of hydrogen-bond acceptors (Lipinski definition) is 3. The topological polar surface area (TPSA) is 38.5 Å². The number of anilines is 2. The molecule has 0 bridgehead atoms. The Kier molecular flexibility index (Phi) is 4.88. The van der Waals surface area contributed by atoms with E-state index in [9.17, 15) is 0 Å². The number of nitrogens with zero attached hydrogens (tertiary/aromatic N) is 1. The van der Waals surface area contributed by atoms with Crippen LogP contribution >= 0.6 is 0 Å². The summed E-state index contributed by atoms with van der Waals surface area (Å²) in [6.07, 6.45) is 4.71. The molecule has 0 spiro atoms. The summed E-state index contributed by atoms with van der Waals surface area (Å²) in [6, 6.07) is 6.24. The fourth-order valence-corrected chi connectivity index (χ4v) is 2.52. The fraction of sp³-hybridized carbons (Fsp3) is 0.600. The van der Waals surface area contributed by atoms with Gasteiger partial charge >= 0.3 is 0 Å². The lowest BCUT2D eigenvalue weighted by atomic mass is 10.0. The van der Waals surface area contributed by atoms with Gasteiger partial charge in [-0.05, 0) is 30.9 Å². The van der Waals surface area contributed by atoms with E-state index in [0.717, 1.165) is 44.8 Å². The van der Waals surface area contributed by atoms with Gasteiger partial charge in [0.1, 0.15) is 0 Å². The molecule has 100 valence electrons. The molecule has 3 nitrogen and oxygen atoms in total. The maximum Gasteiger partial charge on any atom is 0.0641 e. The van der Waals surface area contributed by atoms with E-state index in [0.29, 0.717) is 0 Å². The van der Waals surface area contributed by atoms with E-state index in [1.165, 1.54) is 24.1 Å². The van der Waals surface area contributed by atoms with Crippen molar-refractivity contribution in [1.29, 1.82) is 0 Å². The predicted octanol–water partition coefficient (Wildman–Crippen LogP) is 2.84. The second kappa shape index (κ2) is 6.64. The number of ether oxygens (including phenoxy) is 1. The van der Waals surface area contributed by atoms with Crippen molar-refractivity contribution in [2.75, 3.05) is 36.9 Å². The first-order valence-electron chi connectivity index (χ1n) is 7.03. The van der Waals surface area contributed by atoms with E-state index in [4.69, 9.17) is 10.5 Å². The minimum Gasteiger partial charge on any atom is -0.397 e. The summed E-state index contributed by atoms with van der Waals surface area (Å²) in [5, 5.41) is 0. The molecule has 18 heavy (non-hydrogen) atoms. The smallest absolute Gasteiger partial charge is 0.0641 e. The van der Waals surface area contributed by atoms with Crippen LogP contribution in [0, 0.1) is 0 Å². The zero-order valence-corrected chi connectivity index (χ0v) is 11.3. The number of para-hydroxylation sites is 1. The van der Waals surface area contributed by atoms with Crippen molar-refractivity contribution < 1.29 is 4.74 Å². The van der Waals surface area contributed by atoms with Gasteiger partial charge < -0.3 is 15.4 Å². The molecule has 1 aromatic carbocycles. The molecular weight excluding hydrogens is 224 g/mol. The minimum absolute atomic E-state index is 0.799. The van der Waals surface area contributed by atoms with Gasteiger partial charge in [-0.3, -0.25) is 0 Å². The lowest BCUT2D eigenvalue weighted by Crippen LogP contribution is -2.33. The highest BCUT2D eigenvalue weighted by atomic mass is 16.5. The number of rotatable bonds is 6. The van der Waals surface area contributed by atoms with Crippen LogP contribution < -0.4 is 10.6 Å². The summed E-state index contributed by atoms with van der Waals surface area (Å²) in [6.45, 7) is 5.91. The van der Waals surface area contributed by atoms with Gasteiger partial charge in [0.05, 0.1) is 18.0 Å². The van der Waals surface area contributed by atoms with Gasteiger partial charge in [-0.15, -0.1) is 0 Å². The largest absolute Gasteiger partial charge is 0.397 e. The molecule has 0 unspecified atom stereocenters. The van der Waals surface area contributed by atoms with E-state index in [-0.39, 0.29) is 0 Å². The number of fused-ring (bicyclic) bond motifs is 1. The lowest BCUT2D eigenvalue weighted by molar-refractivity contribution is 0.137.